The van der Waals surface area contributed by atoms with Crippen molar-refractivity contribution in [3.05, 3.63) is 35.6 Å². The van der Waals surface area contributed by atoms with Gasteiger partial charge in [0.2, 0.25) is 0 Å². The van der Waals surface area contributed by atoms with Crippen molar-refractivity contribution >= 4 is 22.7 Å². The molecule has 1 aromatic carbocycles. The SMILES string of the molecule is Cc1c(C(=O)CCN2CCC(C(=O)O)CC2)oc2ccccc12. The quantitative estimate of drug-likeness (QED) is 0.858. The number of benzene rings is 1. The molecule has 0 spiro atoms. The lowest BCUT2D eigenvalue weighted by Crippen LogP contribution is -2.37. The first-order chi connectivity index (χ1) is 11.1. The molecular weight excluding hydrogens is 294 g/mol. The number of aryl methyl sites for hydroxylation is 1. The van der Waals surface area contributed by atoms with E-state index in [9.17, 15) is 9.59 Å². The van der Waals surface area contributed by atoms with Crippen LogP contribution >= 0.6 is 0 Å². The van der Waals surface area contributed by atoms with E-state index in [1.165, 1.54) is 0 Å². The molecular formula is C18H21NO4. The summed E-state index contributed by atoms with van der Waals surface area (Å²) >= 11 is 0. The van der Waals surface area contributed by atoms with Crippen molar-refractivity contribution in [1.82, 2.24) is 4.90 Å². The van der Waals surface area contributed by atoms with Gasteiger partial charge in [-0.3, -0.25) is 9.59 Å². The second-order valence-corrected chi connectivity index (χ2v) is 6.18. The number of piperidine rings is 1. The molecule has 0 radical (unpaired) electrons. The standard InChI is InChI=1S/C18H21NO4/c1-12-14-4-2-3-5-16(14)23-17(12)15(20)8-11-19-9-6-13(7-10-19)18(21)22/h2-5,13H,6-11H2,1H3,(H,21,22). The van der Waals surface area contributed by atoms with E-state index in [4.69, 9.17) is 9.52 Å². The van der Waals surface area contributed by atoms with Gasteiger partial charge in [-0.1, -0.05) is 18.2 Å². The number of nitrogens with zero attached hydrogens (tertiary/aromatic N) is 1. The van der Waals surface area contributed by atoms with Crippen molar-refractivity contribution in [3.63, 3.8) is 0 Å². The Morgan fingerprint density at radius 2 is 1.96 bits per heavy atom. The lowest BCUT2D eigenvalue weighted by molar-refractivity contribution is -0.143. The minimum atomic E-state index is -0.710. The van der Waals surface area contributed by atoms with Crippen LogP contribution in [0.25, 0.3) is 11.0 Å². The highest BCUT2D eigenvalue weighted by atomic mass is 16.4. The van der Waals surface area contributed by atoms with E-state index < -0.39 is 5.97 Å². The summed E-state index contributed by atoms with van der Waals surface area (Å²) in [6.07, 6.45) is 1.72. The first-order valence-corrected chi connectivity index (χ1v) is 8.02. The molecule has 1 aromatic heterocycles. The van der Waals surface area contributed by atoms with Crippen molar-refractivity contribution < 1.29 is 19.1 Å². The number of Topliss-reactive ketones (excluding diaryl/α,β-unsaturated/α-hetero) is 1. The van der Waals surface area contributed by atoms with E-state index in [2.05, 4.69) is 4.90 Å². The number of carbonyl (C=O) groups is 2. The summed E-state index contributed by atoms with van der Waals surface area (Å²) in [6.45, 7) is 4.05. The molecule has 3 rings (SSSR count). The molecule has 0 unspecified atom stereocenters. The lowest BCUT2D eigenvalue weighted by Gasteiger charge is -2.29. The van der Waals surface area contributed by atoms with Crippen LogP contribution in [0, 0.1) is 12.8 Å². The zero-order chi connectivity index (χ0) is 16.4. The maximum absolute atomic E-state index is 12.4. The van der Waals surface area contributed by atoms with Gasteiger partial charge in [-0.2, -0.15) is 0 Å². The van der Waals surface area contributed by atoms with Crippen LogP contribution in [0.15, 0.2) is 28.7 Å². The smallest absolute Gasteiger partial charge is 0.306 e. The van der Waals surface area contributed by atoms with Crippen LogP contribution in [-0.2, 0) is 4.79 Å². The Labute approximate surface area is 134 Å². The number of fused-ring (bicyclic) bond motifs is 1. The number of carbonyl (C=O) groups excluding carboxylic acids is 1. The molecule has 0 atom stereocenters. The zero-order valence-electron chi connectivity index (χ0n) is 13.2. The van der Waals surface area contributed by atoms with Crippen molar-refractivity contribution in [2.45, 2.75) is 26.2 Å². The Balaban J connectivity index is 1.59. The van der Waals surface area contributed by atoms with Crippen molar-refractivity contribution in [2.24, 2.45) is 5.92 Å². The van der Waals surface area contributed by atoms with Gasteiger partial charge in [-0.15, -0.1) is 0 Å². The number of para-hydroxylation sites is 1. The predicted octanol–water partition coefficient (Wildman–Crippen LogP) is 3.11. The highest BCUT2D eigenvalue weighted by Crippen LogP contribution is 2.26. The molecule has 1 N–H and O–H groups in total. The number of rotatable bonds is 5. The molecule has 0 bridgehead atoms. The van der Waals surface area contributed by atoms with Crippen LogP contribution in [0.4, 0.5) is 0 Å². The number of ketones is 1. The number of furan rings is 1. The second-order valence-electron chi connectivity index (χ2n) is 6.18. The molecule has 0 aliphatic carbocycles. The minimum absolute atomic E-state index is 0.0130. The molecule has 1 aliphatic heterocycles. The summed E-state index contributed by atoms with van der Waals surface area (Å²) in [5.41, 5.74) is 1.64. The number of hydrogen-bond donors (Lipinski definition) is 1. The van der Waals surface area contributed by atoms with E-state index in [1.54, 1.807) is 0 Å². The Kier molecular flexibility index (Phi) is 4.48. The first-order valence-electron chi connectivity index (χ1n) is 8.02. The third-order valence-corrected chi connectivity index (χ3v) is 4.69. The maximum Gasteiger partial charge on any atom is 0.306 e. The van der Waals surface area contributed by atoms with E-state index >= 15 is 0 Å². The van der Waals surface area contributed by atoms with Crippen LogP contribution in [0.3, 0.4) is 0 Å². The fourth-order valence-electron chi connectivity index (χ4n) is 3.22. The average Bonchev–Trinajstić information content (AvgIpc) is 2.90. The maximum atomic E-state index is 12.4. The van der Waals surface area contributed by atoms with Crippen LogP contribution in [-0.4, -0.2) is 41.4 Å². The Hall–Kier alpha value is -2.14. The number of carboxylic acid groups (broad SMARTS) is 1. The molecule has 2 aromatic rings. The fourth-order valence-corrected chi connectivity index (χ4v) is 3.22. The highest BCUT2D eigenvalue weighted by molar-refractivity contribution is 6.00. The largest absolute Gasteiger partial charge is 0.481 e. The molecule has 2 heterocycles. The van der Waals surface area contributed by atoms with E-state index in [1.807, 2.05) is 31.2 Å². The summed E-state index contributed by atoms with van der Waals surface area (Å²) in [4.78, 5) is 25.5. The number of likely N-dealkylation sites (tertiary alicyclic amines) is 1. The fraction of sp³-hybridized carbons (Fsp3) is 0.444. The van der Waals surface area contributed by atoms with Gasteiger partial charge >= 0.3 is 5.97 Å². The molecule has 1 saturated heterocycles. The van der Waals surface area contributed by atoms with Crippen LogP contribution in [0.5, 0.6) is 0 Å². The third kappa shape index (κ3) is 3.29. The molecule has 1 aliphatic rings. The summed E-state index contributed by atoms with van der Waals surface area (Å²) in [7, 11) is 0. The zero-order valence-corrected chi connectivity index (χ0v) is 13.2. The Bertz CT molecular complexity index is 726. The summed E-state index contributed by atoms with van der Waals surface area (Å²) in [5.74, 6) is -0.483. The molecule has 23 heavy (non-hydrogen) atoms. The highest BCUT2D eigenvalue weighted by Gasteiger charge is 2.25. The summed E-state index contributed by atoms with van der Waals surface area (Å²) < 4.78 is 5.70. The van der Waals surface area contributed by atoms with Gasteiger partial charge in [0.15, 0.2) is 11.5 Å². The first kappa shape index (κ1) is 15.7. The topological polar surface area (TPSA) is 70.8 Å². The molecule has 5 nitrogen and oxygen atoms in total. The van der Waals surface area contributed by atoms with Crippen molar-refractivity contribution in [1.29, 1.82) is 0 Å². The van der Waals surface area contributed by atoms with Crippen molar-refractivity contribution in [3.8, 4) is 0 Å². The summed E-state index contributed by atoms with van der Waals surface area (Å²) in [5, 5.41) is 9.99. The molecule has 0 saturated carbocycles. The van der Waals surface area contributed by atoms with Crippen LogP contribution in [0.2, 0.25) is 0 Å². The Morgan fingerprint density at radius 3 is 2.61 bits per heavy atom. The van der Waals surface area contributed by atoms with Gasteiger partial charge < -0.3 is 14.4 Å². The number of carboxylic acids is 1. The normalized spacial score (nSPS) is 16.7. The average molecular weight is 315 g/mol. The van der Waals surface area contributed by atoms with E-state index in [-0.39, 0.29) is 11.7 Å². The summed E-state index contributed by atoms with van der Waals surface area (Å²) in [6, 6.07) is 7.66. The monoisotopic (exact) mass is 315 g/mol. The van der Waals surface area contributed by atoms with Gasteiger partial charge in [0, 0.05) is 23.9 Å². The van der Waals surface area contributed by atoms with Gasteiger partial charge in [-0.25, -0.2) is 0 Å². The third-order valence-electron chi connectivity index (χ3n) is 4.69. The van der Waals surface area contributed by atoms with Gasteiger partial charge in [0.25, 0.3) is 0 Å². The van der Waals surface area contributed by atoms with Gasteiger partial charge in [0.05, 0.1) is 5.92 Å². The van der Waals surface area contributed by atoms with Crippen LogP contribution < -0.4 is 0 Å². The molecule has 1 fully saturated rings. The Morgan fingerprint density at radius 1 is 1.26 bits per heavy atom. The lowest BCUT2D eigenvalue weighted by atomic mass is 9.97. The molecule has 122 valence electrons. The van der Waals surface area contributed by atoms with E-state index in [0.29, 0.717) is 31.6 Å². The second kappa shape index (κ2) is 6.54. The minimum Gasteiger partial charge on any atom is -0.481 e. The molecule has 5 heteroatoms. The number of hydrogen-bond acceptors (Lipinski definition) is 4. The predicted molar refractivity (Wildman–Crippen MR) is 86.7 cm³/mol. The number of aliphatic carboxylic acids is 1. The molecule has 0 amide bonds. The van der Waals surface area contributed by atoms with Crippen LogP contribution in [0.1, 0.15) is 35.4 Å². The van der Waals surface area contributed by atoms with Gasteiger partial charge in [0.1, 0.15) is 5.58 Å². The van der Waals surface area contributed by atoms with Gasteiger partial charge in [-0.05, 0) is 38.9 Å². The van der Waals surface area contributed by atoms with Crippen molar-refractivity contribution in [2.75, 3.05) is 19.6 Å². The van der Waals surface area contributed by atoms with E-state index in [0.717, 1.165) is 29.6 Å².